The molecule has 0 bridgehead atoms. The van der Waals surface area contributed by atoms with Crippen LogP contribution in [0.3, 0.4) is 0 Å². The molecule has 1 aliphatic heterocycles. The van der Waals surface area contributed by atoms with Crippen LogP contribution >= 0.6 is 0 Å². The second-order valence-electron chi connectivity index (χ2n) is 5.56. The van der Waals surface area contributed by atoms with Crippen LogP contribution in [0.2, 0.25) is 0 Å². The van der Waals surface area contributed by atoms with Gasteiger partial charge in [0.2, 0.25) is 15.0 Å². The van der Waals surface area contributed by atoms with Crippen LogP contribution in [-0.4, -0.2) is 49.3 Å². The molecule has 1 atom stereocenters. The number of esters is 1. The van der Waals surface area contributed by atoms with E-state index in [2.05, 4.69) is 4.98 Å². The van der Waals surface area contributed by atoms with Gasteiger partial charge >= 0.3 is 5.97 Å². The zero-order valence-corrected chi connectivity index (χ0v) is 13.6. The van der Waals surface area contributed by atoms with E-state index >= 15 is 0 Å². The normalized spacial score (nSPS) is 18.9. The van der Waals surface area contributed by atoms with Crippen LogP contribution in [0.1, 0.15) is 29.8 Å². The summed E-state index contributed by atoms with van der Waals surface area (Å²) in [6.07, 6.45) is 5.43. The zero-order valence-electron chi connectivity index (χ0n) is 12.8. The van der Waals surface area contributed by atoms with Crippen LogP contribution in [0.15, 0.2) is 29.6 Å². The maximum Gasteiger partial charge on any atom is 0.359 e. The molecule has 7 nitrogen and oxygen atoms in total. The van der Waals surface area contributed by atoms with Crippen LogP contribution < -0.4 is 0 Å². The molecule has 124 valence electrons. The lowest BCUT2D eigenvalue weighted by molar-refractivity contribution is -0.0301. The number of rotatable bonds is 4. The van der Waals surface area contributed by atoms with Gasteiger partial charge in [-0.25, -0.2) is 18.2 Å². The fourth-order valence-electron chi connectivity index (χ4n) is 2.60. The van der Waals surface area contributed by atoms with E-state index < -0.39 is 15.8 Å². The molecule has 0 unspecified atom stereocenters. The summed E-state index contributed by atoms with van der Waals surface area (Å²) in [5.74, 6) is -0.641. The van der Waals surface area contributed by atoms with Crippen LogP contribution in [0.25, 0.3) is 5.52 Å². The average molecular weight is 338 g/mol. The predicted octanol–water partition coefficient (Wildman–Crippen LogP) is 1.46. The largest absolute Gasteiger partial charge is 0.458 e. The van der Waals surface area contributed by atoms with Gasteiger partial charge in [-0.2, -0.15) is 0 Å². The molecule has 0 aliphatic carbocycles. The summed E-state index contributed by atoms with van der Waals surface area (Å²) in [5, 5.41) is -0.172. The molecule has 0 spiro atoms. The molecule has 0 saturated carbocycles. The third kappa shape index (κ3) is 3.37. The van der Waals surface area contributed by atoms with Gasteiger partial charge < -0.3 is 9.47 Å². The van der Waals surface area contributed by atoms with E-state index in [9.17, 15) is 13.2 Å². The van der Waals surface area contributed by atoms with Crippen molar-refractivity contribution >= 4 is 21.3 Å². The Balaban J connectivity index is 1.85. The van der Waals surface area contributed by atoms with Gasteiger partial charge in [0.15, 0.2) is 5.69 Å². The predicted molar refractivity (Wildman–Crippen MR) is 82.2 cm³/mol. The minimum Gasteiger partial charge on any atom is -0.458 e. The summed E-state index contributed by atoms with van der Waals surface area (Å²) in [4.78, 5) is 16.3. The van der Waals surface area contributed by atoms with Crippen molar-refractivity contribution in [3.63, 3.8) is 0 Å². The van der Waals surface area contributed by atoms with E-state index in [1.165, 1.54) is 4.40 Å². The Morgan fingerprint density at radius 2 is 2.26 bits per heavy atom. The lowest BCUT2D eigenvalue weighted by Crippen LogP contribution is -2.26. The first-order valence-electron chi connectivity index (χ1n) is 7.42. The Morgan fingerprint density at radius 3 is 2.96 bits per heavy atom. The number of fused-ring (bicyclic) bond motifs is 1. The number of pyridine rings is 1. The number of hydrogen-bond acceptors (Lipinski definition) is 6. The van der Waals surface area contributed by atoms with E-state index in [0.29, 0.717) is 12.1 Å². The highest BCUT2D eigenvalue weighted by atomic mass is 32.2. The number of carbonyl (C=O) groups is 1. The smallest absolute Gasteiger partial charge is 0.359 e. The highest BCUT2D eigenvalue weighted by molar-refractivity contribution is 7.90. The molecular formula is C15H18N2O5S. The molecular weight excluding hydrogens is 320 g/mol. The Morgan fingerprint density at radius 1 is 1.43 bits per heavy atom. The van der Waals surface area contributed by atoms with E-state index in [0.717, 1.165) is 25.5 Å². The van der Waals surface area contributed by atoms with Gasteiger partial charge in [0.25, 0.3) is 0 Å². The maximum absolute atomic E-state index is 12.3. The zero-order chi connectivity index (χ0) is 16.4. The molecule has 0 radical (unpaired) electrons. The quantitative estimate of drug-likeness (QED) is 0.785. The van der Waals surface area contributed by atoms with Gasteiger partial charge in [0.05, 0.1) is 11.6 Å². The van der Waals surface area contributed by atoms with Crippen molar-refractivity contribution in [3.05, 3.63) is 30.1 Å². The van der Waals surface area contributed by atoms with Crippen LogP contribution in [0, 0.1) is 0 Å². The standard InChI is InChI=1S/C15H18N2O5S/c1-23(19,20)15-16-13(12-7-2-4-8-17(12)15)14(18)22-10-11-6-3-5-9-21-11/h2,4,7-8,11H,3,5-6,9-10H2,1H3/t11-/m0/s1. The number of aromatic nitrogens is 2. The van der Waals surface area contributed by atoms with Crippen LogP contribution in [0.4, 0.5) is 0 Å². The molecule has 2 aromatic heterocycles. The number of ether oxygens (including phenoxy) is 2. The Bertz CT molecular complexity index is 822. The van der Waals surface area contributed by atoms with Crippen molar-refractivity contribution in [3.8, 4) is 0 Å². The fourth-order valence-corrected chi connectivity index (χ4v) is 3.37. The number of hydrogen-bond donors (Lipinski definition) is 0. The molecule has 23 heavy (non-hydrogen) atoms. The first-order valence-corrected chi connectivity index (χ1v) is 9.32. The number of imidazole rings is 1. The van der Waals surface area contributed by atoms with Crippen molar-refractivity contribution in [1.82, 2.24) is 9.38 Å². The lowest BCUT2D eigenvalue weighted by atomic mass is 10.1. The minimum atomic E-state index is -3.56. The summed E-state index contributed by atoms with van der Waals surface area (Å²) in [6.45, 7) is 0.826. The first kappa shape index (κ1) is 15.9. The van der Waals surface area contributed by atoms with Gasteiger partial charge in [0, 0.05) is 19.1 Å². The number of carbonyl (C=O) groups excluding carboxylic acids is 1. The fraction of sp³-hybridized carbons (Fsp3) is 0.467. The highest BCUT2D eigenvalue weighted by Gasteiger charge is 2.24. The molecule has 1 fully saturated rings. The third-order valence-corrected chi connectivity index (χ3v) is 4.67. The summed E-state index contributed by atoms with van der Waals surface area (Å²) in [6, 6.07) is 5.02. The number of nitrogens with zero attached hydrogens (tertiary/aromatic N) is 2. The van der Waals surface area contributed by atoms with Gasteiger partial charge in [-0.15, -0.1) is 0 Å². The average Bonchev–Trinajstić information content (AvgIpc) is 2.93. The second kappa shape index (κ2) is 6.29. The van der Waals surface area contributed by atoms with Crippen molar-refractivity contribution in [2.45, 2.75) is 30.5 Å². The van der Waals surface area contributed by atoms with Gasteiger partial charge in [-0.3, -0.25) is 4.40 Å². The van der Waals surface area contributed by atoms with E-state index in [-0.39, 0.29) is 23.6 Å². The van der Waals surface area contributed by atoms with Gasteiger partial charge in [-0.05, 0) is 31.4 Å². The summed E-state index contributed by atoms with van der Waals surface area (Å²) < 4.78 is 35.8. The molecule has 0 N–H and O–H groups in total. The third-order valence-electron chi connectivity index (χ3n) is 3.72. The van der Waals surface area contributed by atoms with Crippen LogP contribution in [0.5, 0.6) is 0 Å². The molecule has 0 amide bonds. The second-order valence-corrected chi connectivity index (χ2v) is 7.47. The van der Waals surface area contributed by atoms with E-state index in [4.69, 9.17) is 9.47 Å². The SMILES string of the molecule is CS(=O)(=O)c1nc(C(=O)OC[C@@H]2CCCCO2)c2ccccn12. The minimum absolute atomic E-state index is 0.00170. The summed E-state index contributed by atoms with van der Waals surface area (Å²) in [7, 11) is -3.56. The highest BCUT2D eigenvalue weighted by Crippen LogP contribution is 2.19. The van der Waals surface area contributed by atoms with E-state index in [1.807, 2.05) is 0 Å². The monoisotopic (exact) mass is 338 g/mol. The number of sulfone groups is 1. The van der Waals surface area contributed by atoms with Crippen molar-refractivity contribution < 1.29 is 22.7 Å². The molecule has 1 aliphatic rings. The summed E-state index contributed by atoms with van der Waals surface area (Å²) in [5.41, 5.74) is 0.407. The molecule has 3 rings (SSSR count). The van der Waals surface area contributed by atoms with Crippen molar-refractivity contribution in [2.75, 3.05) is 19.5 Å². The van der Waals surface area contributed by atoms with Crippen LogP contribution in [-0.2, 0) is 19.3 Å². The molecule has 8 heteroatoms. The maximum atomic E-state index is 12.3. The van der Waals surface area contributed by atoms with Gasteiger partial charge in [-0.1, -0.05) is 6.07 Å². The summed E-state index contributed by atoms with van der Waals surface area (Å²) >= 11 is 0. The molecule has 0 aromatic carbocycles. The molecule has 2 aromatic rings. The Kier molecular flexibility index (Phi) is 4.36. The lowest BCUT2D eigenvalue weighted by Gasteiger charge is -2.21. The van der Waals surface area contributed by atoms with Gasteiger partial charge in [0.1, 0.15) is 6.61 Å². The molecule has 1 saturated heterocycles. The Labute approximate surface area is 134 Å². The van der Waals surface area contributed by atoms with Crippen molar-refractivity contribution in [1.29, 1.82) is 0 Å². The van der Waals surface area contributed by atoms with Crippen molar-refractivity contribution in [2.24, 2.45) is 0 Å². The first-order chi connectivity index (χ1) is 11.0. The van der Waals surface area contributed by atoms with E-state index in [1.54, 1.807) is 24.4 Å². The Hall–Kier alpha value is -1.93. The molecule has 3 heterocycles. The topological polar surface area (TPSA) is 87.0 Å².